The minimum Gasteiger partial charge on any atom is -0.389 e. The zero-order valence-corrected chi connectivity index (χ0v) is 11.7. The second-order valence-electron chi connectivity index (χ2n) is 5.48. The number of piperidine rings is 1. The number of nitrogens with two attached hydrogens (primary N) is 1. The number of amides is 1. The summed E-state index contributed by atoms with van der Waals surface area (Å²) in [5.41, 5.74) is 6.71. The molecule has 1 aliphatic heterocycles. The van der Waals surface area contributed by atoms with Crippen LogP contribution in [-0.2, 0) is 4.79 Å². The summed E-state index contributed by atoms with van der Waals surface area (Å²) in [6.45, 7) is 3.23. The van der Waals surface area contributed by atoms with Crippen LogP contribution in [0.4, 0.5) is 10.1 Å². The van der Waals surface area contributed by atoms with Gasteiger partial charge in [0.2, 0.25) is 5.91 Å². The van der Waals surface area contributed by atoms with Crippen LogP contribution < -0.4 is 10.6 Å². The summed E-state index contributed by atoms with van der Waals surface area (Å²) in [7, 11) is 0. The van der Waals surface area contributed by atoms with Crippen molar-refractivity contribution in [3.8, 4) is 0 Å². The fourth-order valence-corrected chi connectivity index (χ4v) is 2.81. The molecule has 1 aromatic carbocycles. The van der Waals surface area contributed by atoms with E-state index in [1.807, 2.05) is 0 Å². The van der Waals surface area contributed by atoms with Crippen molar-refractivity contribution in [2.24, 2.45) is 11.7 Å². The molecule has 1 aliphatic rings. The van der Waals surface area contributed by atoms with Gasteiger partial charge in [-0.3, -0.25) is 4.79 Å². The second-order valence-corrected chi connectivity index (χ2v) is 5.48. The van der Waals surface area contributed by atoms with Crippen LogP contribution >= 0.6 is 0 Å². The molecular formula is C15H21FN2O2. The van der Waals surface area contributed by atoms with E-state index >= 15 is 0 Å². The van der Waals surface area contributed by atoms with Crippen LogP contribution in [0.2, 0.25) is 0 Å². The molecule has 0 radical (unpaired) electrons. The van der Waals surface area contributed by atoms with Crippen molar-refractivity contribution in [3.05, 3.63) is 29.6 Å². The molecule has 1 atom stereocenters. The van der Waals surface area contributed by atoms with E-state index in [2.05, 4.69) is 4.90 Å². The number of nitrogens with zero attached hydrogens (tertiary/aromatic N) is 1. The molecule has 2 rings (SSSR count). The summed E-state index contributed by atoms with van der Waals surface area (Å²) >= 11 is 0. The Labute approximate surface area is 118 Å². The highest BCUT2D eigenvalue weighted by atomic mass is 19.1. The van der Waals surface area contributed by atoms with E-state index in [1.165, 1.54) is 12.1 Å². The first kappa shape index (κ1) is 14.8. The predicted octanol–water partition coefficient (Wildman–Crippen LogP) is 1.97. The molecule has 20 heavy (non-hydrogen) atoms. The lowest BCUT2D eigenvalue weighted by Crippen LogP contribution is -2.35. The lowest BCUT2D eigenvalue weighted by Gasteiger charge is -2.34. The van der Waals surface area contributed by atoms with Crippen LogP contribution in [0.1, 0.15) is 37.9 Å². The van der Waals surface area contributed by atoms with Crippen LogP contribution in [0, 0.1) is 11.7 Å². The van der Waals surface area contributed by atoms with Crippen LogP contribution in [0.5, 0.6) is 0 Å². The Kier molecular flexibility index (Phi) is 4.60. The van der Waals surface area contributed by atoms with Crippen LogP contribution in [-0.4, -0.2) is 24.1 Å². The zero-order chi connectivity index (χ0) is 14.7. The first-order valence-electron chi connectivity index (χ1n) is 6.98. The highest BCUT2D eigenvalue weighted by Crippen LogP contribution is 2.31. The quantitative estimate of drug-likeness (QED) is 0.886. The molecule has 1 unspecified atom stereocenters. The Balaban J connectivity index is 2.09. The molecule has 110 valence electrons. The maximum Gasteiger partial charge on any atom is 0.217 e. The number of rotatable bonds is 4. The average molecular weight is 280 g/mol. The fraction of sp³-hybridized carbons (Fsp3) is 0.533. The molecule has 0 aromatic heterocycles. The topological polar surface area (TPSA) is 66.6 Å². The number of carbonyl (C=O) groups is 1. The Morgan fingerprint density at radius 3 is 2.70 bits per heavy atom. The number of carbonyl (C=O) groups excluding carboxylic acids is 1. The largest absolute Gasteiger partial charge is 0.389 e. The Morgan fingerprint density at radius 2 is 2.15 bits per heavy atom. The third-order valence-corrected chi connectivity index (χ3v) is 3.88. The monoisotopic (exact) mass is 280 g/mol. The zero-order valence-electron chi connectivity index (χ0n) is 11.7. The van der Waals surface area contributed by atoms with E-state index in [-0.39, 0.29) is 11.7 Å². The van der Waals surface area contributed by atoms with Gasteiger partial charge in [0.25, 0.3) is 0 Å². The molecule has 0 aliphatic carbocycles. The normalized spacial score (nSPS) is 18.1. The summed E-state index contributed by atoms with van der Waals surface area (Å²) < 4.78 is 13.3. The number of halogens is 1. The number of hydrogen-bond donors (Lipinski definition) is 2. The first-order valence-corrected chi connectivity index (χ1v) is 6.98. The lowest BCUT2D eigenvalue weighted by molar-refractivity contribution is -0.119. The van der Waals surface area contributed by atoms with Crippen molar-refractivity contribution in [2.45, 2.75) is 32.3 Å². The molecule has 0 spiro atoms. The number of primary amides is 1. The number of hydrogen-bond acceptors (Lipinski definition) is 3. The summed E-state index contributed by atoms with van der Waals surface area (Å²) in [5, 5.41) is 9.78. The minimum atomic E-state index is -0.705. The molecule has 4 nitrogen and oxygen atoms in total. The molecule has 1 aromatic rings. The molecule has 1 amide bonds. The summed E-state index contributed by atoms with van der Waals surface area (Å²) in [5.74, 6) is -0.262. The van der Waals surface area contributed by atoms with Gasteiger partial charge >= 0.3 is 0 Å². The van der Waals surface area contributed by atoms with Crippen LogP contribution in [0.15, 0.2) is 18.2 Å². The van der Waals surface area contributed by atoms with Crippen LogP contribution in [0.25, 0.3) is 0 Å². The molecule has 5 heteroatoms. The molecule has 3 N–H and O–H groups in total. The van der Waals surface area contributed by atoms with Crippen LogP contribution in [0.3, 0.4) is 0 Å². The summed E-state index contributed by atoms with van der Waals surface area (Å²) in [6, 6.07) is 4.51. The summed E-state index contributed by atoms with van der Waals surface area (Å²) in [4.78, 5) is 13.1. The van der Waals surface area contributed by atoms with Gasteiger partial charge in [0.15, 0.2) is 0 Å². The predicted molar refractivity (Wildman–Crippen MR) is 75.8 cm³/mol. The number of benzene rings is 1. The van der Waals surface area contributed by atoms with Crippen molar-refractivity contribution in [2.75, 3.05) is 18.0 Å². The van der Waals surface area contributed by atoms with E-state index < -0.39 is 6.10 Å². The van der Waals surface area contributed by atoms with E-state index in [0.29, 0.717) is 17.9 Å². The maximum atomic E-state index is 13.3. The lowest BCUT2D eigenvalue weighted by atomic mass is 9.92. The van der Waals surface area contributed by atoms with Crippen molar-refractivity contribution in [1.29, 1.82) is 0 Å². The fourth-order valence-electron chi connectivity index (χ4n) is 2.81. The Hall–Kier alpha value is -1.62. The molecule has 1 saturated heterocycles. The van der Waals surface area contributed by atoms with Gasteiger partial charge in [-0.05, 0) is 43.9 Å². The number of anilines is 1. The Bertz CT molecular complexity index is 483. The highest BCUT2D eigenvalue weighted by Gasteiger charge is 2.23. The van der Waals surface area contributed by atoms with Crippen molar-refractivity contribution in [3.63, 3.8) is 0 Å². The van der Waals surface area contributed by atoms with E-state index in [1.54, 1.807) is 13.0 Å². The molecule has 0 saturated carbocycles. The molecule has 1 heterocycles. The van der Waals surface area contributed by atoms with Crippen molar-refractivity contribution in [1.82, 2.24) is 0 Å². The summed E-state index contributed by atoms with van der Waals surface area (Å²) in [6.07, 6.45) is 1.50. The van der Waals surface area contributed by atoms with Crippen molar-refractivity contribution < 1.29 is 14.3 Å². The van der Waals surface area contributed by atoms with Gasteiger partial charge in [0.1, 0.15) is 5.82 Å². The molecule has 0 bridgehead atoms. The second kappa shape index (κ2) is 6.22. The molecular weight excluding hydrogens is 259 g/mol. The standard InChI is InChI=1S/C15H21FN2O2/c1-10(19)13-9-12(16)2-3-14(13)18-6-4-11(5-7-18)8-15(17)20/h2-3,9-11,19H,4-8H2,1H3,(H2,17,20). The minimum absolute atomic E-state index is 0.255. The number of aliphatic hydroxyl groups is 1. The average Bonchev–Trinajstić information content (AvgIpc) is 2.39. The van der Waals surface area contributed by atoms with Gasteiger partial charge in [-0.1, -0.05) is 0 Å². The van der Waals surface area contributed by atoms with Gasteiger partial charge in [-0.2, -0.15) is 0 Å². The van der Waals surface area contributed by atoms with Gasteiger partial charge in [-0.15, -0.1) is 0 Å². The number of aliphatic hydroxyl groups excluding tert-OH is 1. The van der Waals surface area contributed by atoms with Gasteiger partial charge < -0.3 is 15.7 Å². The van der Waals surface area contributed by atoms with Gasteiger partial charge in [-0.25, -0.2) is 4.39 Å². The maximum absolute atomic E-state index is 13.3. The first-order chi connectivity index (χ1) is 9.47. The third kappa shape index (κ3) is 3.48. The van der Waals surface area contributed by atoms with E-state index in [0.717, 1.165) is 31.6 Å². The highest BCUT2D eigenvalue weighted by molar-refractivity contribution is 5.74. The Morgan fingerprint density at radius 1 is 1.50 bits per heavy atom. The van der Waals surface area contributed by atoms with Gasteiger partial charge in [0.05, 0.1) is 6.10 Å². The molecule has 1 fully saturated rings. The smallest absolute Gasteiger partial charge is 0.217 e. The SMILES string of the molecule is CC(O)c1cc(F)ccc1N1CCC(CC(N)=O)CC1. The van der Waals surface area contributed by atoms with E-state index in [9.17, 15) is 14.3 Å². The van der Waals surface area contributed by atoms with Gasteiger partial charge in [0, 0.05) is 30.8 Å². The van der Waals surface area contributed by atoms with Crippen molar-refractivity contribution >= 4 is 11.6 Å². The van der Waals surface area contributed by atoms with E-state index in [4.69, 9.17) is 5.73 Å². The third-order valence-electron chi connectivity index (χ3n) is 3.88.